The molecule has 0 spiro atoms. The SMILES string of the molecule is O=C(CC1CCCC1)N1C2CCC1c1cncnc1C2. The third kappa shape index (κ3) is 1.93. The zero-order valence-corrected chi connectivity index (χ0v) is 11.8. The Bertz CT molecular complexity index is 524. The average Bonchev–Trinajstić information content (AvgIpc) is 3.06. The van der Waals surface area contributed by atoms with Crippen molar-refractivity contribution in [2.75, 3.05) is 0 Å². The highest BCUT2D eigenvalue weighted by Gasteiger charge is 2.43. The molecule has 1 saturated carbocycles. The molecule has 1 amide bonds. The van der Waals surface area contributed by atoms with Crippen molar-refractivity contribution in [3.05, 3.63) is 23.8 Å². The molecular formula is C16H21N3O. The summed E-state index contributed by atoms with van der Waals surface area (Å²) >= 11 is 0. The zero-order chi connectivity index (χ0) is 13.5. The molecule has 1 saturated heterocycles. The molecule has 0 N–H and O–H groups in total. The van der Waals surface area contributed by atoms with Crippen molar-refractivity contribution in [2.45, 2.75) is 63.5 Å². The molecule has 2 fully saturated rings. The largest absolute Gasteiger partial charge is 0.332 e. The van der Waals surface area contributed by atoms with Crippen LogP contribution in [0.4, 0.5) is 0 Å². The van der Waals surface area contributed by atoms with Crippen LogP contribution in [0.25, 0.3) is 0 Å². The molecule has 2 unspecified atom stereocenters. The minimum Gasteiger partial charge on any atom is -0.332 e. The van der Waals surface area contributed by atoms with E-state index in [0.717, 1.165) is 31.4 Å². The summed E-state index contributed by atoms with van der Waals surface area (Å²) < 4.78 is 0. The molecule has 0 radical (unpaired) electrons. The second kappa shape index (κ2) is 4.83. The van der Waals surface area contributed by atoms with Crippen molar-refractivity contribution in [2.24, 2.45) is 5.92 Å². The van der Waals surface area contributed by atoms with Crippen molar-refractivity contribution < 1.29 is 4.79 Å². The molecule has 3 aliphatic rings. The standard InChI is InChI=1S/C16H21N3O/c20-16(7-11-3-1-2-4-11)19-12-5-6-15(19)13-9-17-10-18-14(13)8-12/h9-12,15H,1-8H2. The van der Waals surface area contributed by atoms with Crippen LogP contribution in [0.5, 0.6) is 0 Å². The van der Waals surface area contributed by atoms with Gasteiger partial charge >= 0.3 is 0 Å². The van der Waals surface area contributed by atoms with Gasteiger partial charge < -0.3 is 4.90 Å². The normalized spacial score (nSPS) is 28.7. The van der Waals surface area contributed by atoms with Gasteiger partial charge in [-0.3, -0.25) is 4.79 Å². The van der Waals surface area contributed by atoms with Crippen LogP contribution in [0, 0.1) is 5.92 Å². The molecule has 4 heteroatoms. The number of carbonyl (C=O) groups excluding carboxylic acids is 1. The Morgan fingerprint density at radius 2 is 2.10 bits per heavy atom. The summed E-state index contributed by atoms with van der Waals surface area (Å²) in [5.74, 6) is 1.01. The lowest BCUT2D eigenvalue weighted by molar-refractivity contribution is -0.135. The van der Waals surface area contributed by atoms with E-state index in [2.05, 4.69) is 14.9 Å². The van der Waals surface area contributed by atoms with E-state index in [9.17, 15) is 4.79 Å². The van der Waals surface area contributed by atoms with Gasteiger partial charge in [-0.15, -0.1) is 0 Å². The minimum absolute atomic E-state index is 0.249. The van der Waals surface area contributed by atoms with Gasteiger partial charge in [0, 0.05) is 30.6 Å². The topological polar surface area (TPSA) is 46.1 Å². The average molecular weight is 271 g/mol. The van der Waals surface area contributed by atoms with Crippen LogP contribution >= 0.6 is 0 Å². The van der Waals surface area contributed by atoms with Crippen molar-refractivity contribution in [1.82, 2.24) is 14.9 Å². The number of aromatic nitrogens is 2. The lowest BCUT2D eigenvalue weighted by Crippen LogP contribution is -2.42. The highest BCUT2D eigenvalue weighted by molar-refractivity contribution is 5.78. The molecule has 4 rings (SSSR count). The molecule has 2 aliphatic heterocycles. The Kier molecular flexibility index (Phi) is 2.97. The van der Waals surface area contributed by atoms with Crippen molar-refractivity contribution in [1.29, 1.82) is 0 Å². The molecule has 106 valence electrons. The second-order valence-electron chi connectivity index (χ2n) is 6.53. The summed E-state index contributed by atoms with van der Waals surface area (Å²) in [7, 11) is 0. The first-order chi connectivity index (χ1) is 9.83. The minimum atomic E-state index is 0.249. The third-order valence-corrected chi connectivity index (χ3v) is 5.34. The van der Waals surface area contributed by atoms with Gasteiger partial charge in [-0.25, -0.2) is 9.97 Å². The predicted octanol–water partition coefficient (Wildman–Crippen LogP) is 2.65. The maximum atomic E-state index is 12.7. The van der Waals surface area contributed by atoms with Gasteiger partial charge in [0.15, 0.2) is 0 Å². The molecular weight excluding hydrogens is 250 g/mol. The first-order valence-corrected chi connectivity index (χ1v) is 7.93. The van der Waals surface area contributed by atoms with Crippen LogP contribution in [0.2, 0.25) is 0 Å². The number of rotatable bonds is 2. The summed E-state index contributed by atoms with van der Waals surface area (Å²) in [5, 5.41) is 0. The maximum Gasteiger partial charge on any atom is 0.223 e. The van der Waals surface area contributed by atoms with E-state index in [1.54, 1.807) is 6.33 Å². The van der Waals surface area contributed by atoms with Gasteiger partial charge in [0.25, 0.3) is 0 Å². The molecule has 4 nitrogen and oxygen atoms in total. The summed E-state index contributed by atoms with van der Waals surface area (Å²) in [4.78, 5) is 23.5. The fraction of sp³-hybridized carbons (Fsp3) is 0.688. The molecule has 2 bridgehead atoms. The van der Waals surface area contributed by atoms with E-state index in [-0.39, 0.29) is 6.04 Å². The van der Waals surface area contributed by atoms with Crippen LogP contribution in [-0.4, -0.2) is 26.8 Å². The third-order valence-electron chi connectivity index (χ3n) is 5.34. The number of fused-ring (bicyclic) bond motifs is 4. The quantitative estimate of drug-likeness (QED) is 0.830. The second-order valence-corrected chi connectivity index (χ2v) is 6.53. The Labute approximate surface area is 119 Å². The summed E-state index contributed by atoms with van der Waals surface area (Å²) in [6.45, 7) is 0. The van der Waals surface area contributed by atoms with E-state index in [0.29, 0.717) is 17.9 Å². The van der Waals surface area contributed by atoms with Gasteiger partial charge in [0.05, 0.1) is 11.7 Å². The molecule has 1 aromatic heterocycles. The van der Waals surface area contributed by atoms with E-state index in [1.807, 2.05) is 6.20 Å². The highest BCUT2D eigenvalue weighted by atomic mass is 16.2. The Morgan fingerprint density at radius 3 is 2.95 bits per heavy atom. The molecule has 3 heterocycles. The van der Waals surface area contributed by atoms with E-state index >= 15 is 0 Å². The number of hydrogen-bond acceptors (Lipinski definition) is 3. The smallest absolute Gasteiger partial charge is 0.223 e. The van der Waals surface area contributed by atoms with Crippen LogP contribution in [0.15, 0.2) is 12.5 Å². The van der Waals surface area contributed by atoms with E-state index < -0.39 is 0 Å². The zero-order valence-electron chi connectivity index (χ0n) is 11.8. The first kappa shape index (κ1) is 12.3. The lowest BCUT2D eigenvalue weighted by atomic mass is 9.96. The lowest BCUT2D eigenvalue weighted by Gasteiger charge is -2.36. The van der Waals surface area contributed by atoms with Gasteiger partial charge in [-0.05, 0) is 31.6 Å². The van der Waals surface area contributed by atoms with Crippen LogP contribution in [0.1, 0.15) is 62.2 Å². The fourth-order valence-electron chi connectivity index (χ4n) is 4.37. The van der Waals surface area contributed by atoms with Crippen LogP contribution in [0.3, 0.4) is 0 Å². The van der Waals surface area contributed by atoms with Crippen molar-refractivity contribution in [3.8, 4) is 0 Å². The van der Waals surface area contributed by atoms with E-state index in [4.69, 9.17) is 0 Å². The molecule has 1 aromatic rings. The summed E-state index contributed by atoms with van der Waals surface area (Å²) in [5.41, 5.74) is 2.36. The van der Waals surface area contributed by atoms with Crippen molar-refractivity contribution in [3.63, 3.8) is 0 Å². The van der Waals surface area contributed by atoms with Gasteiger partial charge in [-0.2, -0.15) is 0 Å². The fourth-order valence-corrected chi connectivity index (χ4v) is 4.37. The van der Waals surface area contributed by atoms with Crippen molar-refractivity contribution >= 4 is 5.91 Å². The predicted molar refractivity (Wildman–Crippen MR) is 74.9 cm³/mol. The first-order valence-electron chi connectivity index (χ1n) is 7.93. The number of carbonyl (C=O) groups is 1. The maximum absolute atomic E-state index is 12.7. The summed E-state index contributed by atoms with van der Waals surface area (Å²) in [6.07, 6.45) is 12.5. The van der Waals surface area contributed by atoms with Gasteiger partial charge in [0.1, 0.15) is 6.33 Å². The Balaban J connectivity index is 1.56. The highest BCUT2D eigenvalue weighted by Crippen LogP contribution is 2.43. The molecule has 0 aromatic carbocycles. The van der Waals surface area contributed by atoms with E-state index in [1.165, 1.54) is 31.2 Å². The number of amides is 1. The summed E-state index contributed by atoms with van der Waals surface area (Å²) in [6, 6.07) is 0.634. The molecule has 20 heavy (non-hydrogen) atoms. The monoisotopic (exact) mass is 271 g/mol. The Morgan fingerprint density at radius 1 is 1.25 bits per heavy atom. The number of nitrogens with zero attached hydrogens (tertiary/aromatic N) is 3. The molecule has 2 atom stereocenters. The van der Waals surface area contributed by atoms with Crippen LogP contribution < -0.4 is 0 Å². The number of hydrogen-bond donors (Lipinski definition) is 0. The van der Waals surface area contributed by atoms with Crippen LogP contribution in [-0.2, 0) is 11.2 Å². The van der Waals surface area contributed by atoms with Gasteiger partial charge in [-0.1, -0.05) is 12.8 Å². The van der Waals surface area contributed by atoms with Gasteiger partial charge in [0.2, 0.25) is 5.91 Å². The molecule has 1 aliphatic carbocycles. The Hall–Kier alpha value is -1.45.